The van der Waals surface area contributed by atoms with E-state index in [1.807, 2.05) is 18.2 Å². The number of hydrogen-bond donors (Lipinski definition) is 3. The molecule has 2 aromatic heterocycles. The van der Waals surface area contributed by atoms with E-state index in [0.29, 0.717) is 16.7 Å². The Labute approximate surface area is 167 Å². The SMILES string of the molecule is COc1ccc(Nc2nccc(NCCc3c[nH]c4ccccc34)n2)cc1Cl. The molecule has 0 saturated heterocycles. The van der Waals surface area contributed by atoms with Crippen molar-refractivity contribution in [3.8, 4) is 5.75 Å². The summed E-state index contributed by atoms with van der Waals surface area (Å²) in [5, 5.41) is 8.29. The molecule has 0 spiro atoms. The molecule has 2 aromatic carbocycles. The Hall–Kier alpha value is -3.25. The highest BCUT2D eigenvalue weighted by Gasteiger charge is 2.05. The van der Waals surface area contributed by atoms with E-state index in [4.69, 9.17) is 16.3 Å². The van der Waals surface area contributed by atoms with Crippen molar-refractivity contribution < 1.29 is 4.74 Å². The quantitative estimate of drug-likeness (QED) is 0.411. The Morgan fingerprint density at radius 3 is 2.89 bits per heavy atom. The number of aromatic amines is 1. The van der Waals surface area contributed by atoms with Gasteiger partial charge in [-0.05, 0) is 42.3 Å². The van der Waals surface area contributed by atoms with Gasteiger partial charge in [0.2, 0.25) is 5.95 Å². The second-order valence-corrected chi connectivity index (χ2v) is 6.68. The maximum atomic E-state index is 6.17. The van der Waals surface area contributed by atoms with Gasteiger partial charge >= 0.3 is 0 Å². The molecule has 4 rings (SSSR count). The van der Waals surface area contributed by atoms with Gasteiger partial charge in [0.05, 0.1) is 12.1 Å². The fourth-order valence-electron chi connectivity index (χ4n) is 3.05. The van der Waals surface area contributed by atoms with Gasteiger partial charge in [0.15, 0.2) is 0 Å². The molecule has 4 aromatic rings. The first kappa shape index (κ1) is 18.1. The predicted octanol–water partition coefficient (Wildman–Crippen LogP) is 5.02. The molecule has 2 heterocycles. The maximum absolute atomic E-state index is 6.17. The summed E-state index contributed by atoms with van der Waals surface area (Å²) in [6.07, 6.45) is 4.67. The normalized spacial score (nSPS) is 10.8. The van der Waals surface area contributed by atoms with E-state index in [0.717, 1.165) is 30.0 Å². The number of para-hydroxylation sites is 1. The molecule has 0 saturated carbocycles. The van der Waals surface area contributed by atoms with Crippen molar-refractivity contribution in [3.05, 3.63) is 71.5 Å². The fraction of sp³-hybridized carbons (Fsp3) is 0.143. The van der Waals surface area contributed by atoms with Gasteiger partial charge in [0.25, 0.3) is 0 Å². The highest BCUT2D eigenvalue weighted by Crippen LogP contribution is 2.28. The van der Waals surface area contributed by atoms with Gasteiger partial charge in [-0.2, -0.15) is 4.98 Å². The van der Waals surface area contributed by atoms with Crippen LogP contribution in [0.15, 0.2) is 60.9 Å². The van der Waals surface area contributed by atoms with Crippen molar-refractivity contribution in [3.63, 3.8) is 0 Å². The lowest BCUT2D eigenvalue weighted by Gasteiger charge is -2.09. The number of hydrogen-bond acceptors (Lipinski definition) is 5. The number of benzene rings is 2. The third kappa shape index (κ3) is 4.02. The van der Waals surface area contributed by atoms with E-state index in [1.54, 1.807) is 25.4 Å². The van der Waals surface area contributed by atoms with Gasteiger partial charge < -0.3 is 20.4 Å². The van der Waals surface area contributed by atoms with Crippen molar-refractivity contribution in [2.24, 2.45) is 0 Å². The topological polar surface area (TPSA) is 74.9 Å². The molecule has 28 heavy (non-hydrogen) atoms. The number of anilines is 3. The Morgan fingerprint density at radius 2 is 2.04 bits per heavy atom. The van der Waals surface area contributed by atoms with Crippen LogP contribution < -0.4 is 15.4 Å². The molecule has 6 nitrogen and oxygen atoms in total. The summed E-state index contributed by atoms with van der Waals surface area (Å²) in [6.45, 7) is 0.771. The van der Waals surface area contributed by atoms with Crippen LogP contribution in [0.4, 0.5) is 17.5 Å². The number of rotatable bonds is 7. The summed E-state index contributed by atoms with van der Waals surface area (Å²) in [7, 11) is 1.59. The Morgan fingerprint density at radius 1 is 1.14 bits per heavy atom. The summed E-state index contributed by atoms with van der Waals surface area (Å²) in [5.41, 5.74) is 3.23. The molecule has 0 aliphatic heterocycles. The highest BCUT2D eigenvalue weighted by atomic mass is 35.5. The van der Waals surface area contributed by atoms with Crippen LogP contribution in [0.25, 0.3) is 10.9 Å². The standard InChI is InChI=1S/C21H20ClN5O/c1-28-19-7-6-15(12-17(19)22)26-21-24-11-9-20(27-21)23-10-8-14-13-25-18-5-3-2-4-16(14)18/h2-7,9,11-13,25H,8,10H2,1H3,(H2,23,24,26,27). The lowest BCUT2D eigenvalue weighted by atomic mass is 10.1. The van der Waals surface area contributed by atoms with Crippen molar-refractivity contribution in [2.45, 2.75) is 6.42 Å². The smallest absolute Gasteiger partial charge is 0.229 e. The average Bonchev–Trinajstić information content (AvgIpc) is 3.12. The third-order valence-corrected chi connectivity index (χ3v) is 4.73. The van der Waals surface area contributed by atoms with Gasteiger partial charge in [-0.1, -0.05) is 29.8 Å². The Kier molecular flexibility index (Phi) is 5.30. The largest absolute Gasteiger partial charge is 0.495 e. The van der Waals surface area contributed by atoms with Crippen molar-refractivity contribution in [1.29, 1.82) is 0 Å². The first-order chi connectivity index (χ1) is 13.7. The summed E-state index contributed by atoms with van der Waals surface area (Å²) < 4.78 is 5.17. The maximum Gasteiger partial charge on any atom is 0.229 e. The zero-order chi connectivity index (χ0) is 19.3. The zero-order valence-corrected chi connectivity index (χ0v) is 16.1. The molecule has 7 heteroatoms. The van der Waals surface area contributed by atoms with E-state index < -0.39 is 0 Å². The van der Waals surface area contributed by atoms with Gasteiger partial charge in [-0.3, -0.25) is 0 Å². The van der Waals surface area contributed by atoms with Crippen molar-refractivity contribution >= 4 is 40.0 Å². The first-order valence-electron chi connectivity index (χ1n) is 8.95. The van der Waals surface area contributed by atoms with E-state index >= 15 is 0 Å². The lowest BCUT2D eigenvalue weighted by Crippen LogP contribution is -2.07. The zero-order valence-electron chi connectivity index (χ0n) is 15.4. The van der Waals surface area contributed by atoms with Crippen LogP contribution in [0.3, 0.4) is 0 Å². The predicted molar refractivity (Wildman–Crippen MR) is 114 cm³/mol. The van der Waals surface area contributed by atoms with Gasteiger partial charge in [-0.25, -0.2) is 4.98 Å². The number of nitrogens with zero attached hydrogens (tertiary/aromatic N) is 2. The summed E-state index contributed by atoms with van der Waals surface area (Å²) in [5.74, 6) is 1.89. The minimum absolute atomic E-state index is 0.498. The second kappa shape index (κ2) is 8.19. The number of nitrogens with one attached hydrogen (secondary N) is 3. The molecule has 0 radical (unpaired) electrons. The first-order valence-corrected chi connectivity index (χ1v) is 9.33. The van der Waals surface area contributed by atoms with E-state index in [-0.39, 0.29) is 0 Å². The van der Waals surface area contributed by atoms with Gasteiger partial charge in [0.1, 0.15) is 11.6 Å². The minimum Gasteiger partial charge on any atom is -0.495 e. The summed E-state index contributed by atoms with van der Waals surface area (Å²) in [6, 6.07) is 15.6. The number of halogens is 1. The molecule has 0 aliphatic carbocycles. The Bertz CT molecular complexity index is 1100. The van der Waals surface area contributed by atoms with Crippen LogP contribution in [0.2, 0.25) is 5.02 Å². The van der Waals surface area contributed by atoms with Crippen LogP contribution in [0.1, 0.15) is 5.56 Å². The molecule has 0 fully saturated rings. The van der Waals surface area contributed by atoms with Crippen molar-refractivity contribution in [1.82, 2.24) is 15.0 Å². The fourth-order valence-corrected chi connectivity index (χ4v) is 3.31. The molecule has 0 bridgehead atoms. The van der Waals surface area contributed by atoms with Crippen LogP contribution in [0, 0.1) is 0 Å². The number of aromatic nitrogens is 3. The number of H-pyrrole nitrogens is 1. The number of fused-ring (bicyclic) bond motifs is 1. The average molecular weight is 394 g/mol. The molecular formula is C21H20ClN5O. The van der Waals surface area contributed by atoms with E-state index in [9.17, 15) is 0 Å². The lowest BCUT2D eigenvalue weighted by molar-refractivity contribution is 0.415. The molecule has 142 valence electrons. The van der Waals surface area contributed by atoms with Crippen LogP contribution in [-0.2, 0) is 6.42 Å². The van der Waals surface area contributed by atoms with Crippen LogP contribution >= 0.6 is 11.6 Å². The van der Waals surface area contributed by atoms with Crippen LogP contribution in [0.5, 0.6) is 5.75 Å². The van der Waals surface area contributed by atoms with Gasteiger partial charge in [0, 0.05) is 35.5 Å². The van der Waals surface area contributed by atoms with Crippen LogP contribution in [-0.4, -0.2) is 28.6 Å². The molecule has 0 aliphatic rings. The monoisotopic (exact) mass is 393 g/mol. The third-order valence-electron chi connectivity index (χ3n) is 4.44. The molecular weight excluding hydrogens is 374 g/mol. The van der Waals surface area contributed by atoms with E-state index in [2.05, 4.69) is 50.0 Å². The van der Waals surface area contributed by atoms with Crippen molar-refractivity contribution in [2.75, 3.05) is 24.3 Å². The number of methoxy groups -OCH3 is 1. The molecule has 0 unspecified atom stereocenters. The summed E-state index contributed by atoms with van der Waals surface area (Å²) >= 11 is 6.17. The second-order valence-electron chi connectivity index (χ2n) is 6.28. The highest BCUT2D eigenvalue weighted by molar-refractivity contribution is 6.32. The molecule has 0 amide bonds. The van der Waals surface area contributed by atoms with E-state index in [1.165, 1.54) is 10.9 Å². The number of ether oxygens (including phenoxy) is 1. The minimum atomic E-state index is 0.498. The Balaban J connectivity index is 1.39. The molecule has 3 N–H and O–H groups in total. The molecule has 0 atom stereocenters. The summed E-state index contributed by atoms with van der Waals surface area (Å²) in [4.78, 5) is 12.1. The van der Waals surface area contributed by atoms with Gasteiger partial charge in [-0.15, -0.1) is 0 Å².